The Labute approximate surface area is 225 Å². The largest absolute Gasteiger partial charge is 0.453 e. The number of carbonyl (C=O) groups excluding carboxylic acids is 1. The Balaban J connectivity index is 1.58. The van der Waals surface area contributed by atoms with Crippen LogP contribution in [0.4, 0.5) is 4.79 Å². The van der Waals surface area contributed by atoms with Gasteiger partial charge in [-0.3, -0.25) is 14.5 Å². The number of benzene rings is 2. The first-order valence-corrected chi connectivity index (χ1v) is 12.9. The topological polar surface area (TPSA) is 113 Å². The number of primary amides is 1. The minimum Gasteiger partial charge on any atom is -0.453 e. The van der Waals surface area contributed by atoms with Crippen LogP contribution in [-0.2, 0) is 17.4 Å². The van der Waals surface area contributed by atoms with Crippen molar-refractivity contribution in [2.24, 2.45) is 12.8 Å². The van der Waals surface area contributed by atoms with Gasteiger partial charge in [0.2, 0.25) is 5.43 Å². The summed E-state index contributed by atoms with van der Waals surface area (Å²) >= 11 is 0. The van der Waals surface area contributed by atoms with Gasteiger partial charge >= 0.3 is 6.09 Å². The van der Waals surface area contributed by atoms with Gasteiger partial charge in [0, 0.05) is 30.1 Å². The molecule has 0 bridgehead atoms. The van der Waals surface area contributed by atoms with Crippen LogP contribution in [0.1, 0.15) is 36.2 Å². The second kappa shape index (κ2) is 9.23. The van der Waals surface area contributed by atoms with E-state index >= 15 is 0 Å². The molecule has 1 aliphatic rings. The first kappa shape index (κ1) is 24.6. The van der Waals surface area contributed by atoms with Crippen LogP contribution in [0, 0.1) is 13.8 Å². The zero-order valence-electron chi connectivity index (χ0n) is 22.0. The summed E-state index contributed by atoms with van der Waals surface area (Å²) in [5.74, 6) is 0.459. The van der Waals surface area contributed by atoms with Crippen molar-refractivity contribution < 1.29 is 13.9 Å². The summed E-state index contributed by atoms with van der Waals surface area (Å²) in [7, 11) is 1.88. The van der Waals surface area contributed by atoms with Crippen molar-refractivity contribution >= 4 is 17.1 Å². The molecule has 8 heteroatoms. The predicted molar refractivity (Wildman–Crippen MR) is 149 cm³/mol. The average molecular weight is 521 g/mol. The third-order valence-electron chi connectivity index (χ3n) is 7.75. The molecule has 3 heterocycles. The fraction of sp³-hybridized carbons (Fsp3) is 0.226. The molecule has 0 atom stereocenters. The maximum atomic E-state index is 14.2. The second-order valence-corrected chi connectivity index (χ2v) is 10.1. The normalized spacial score (nSPS) is 14.2. The van der Waals surface area contributed by atoms with Gasteiger partial charge < -0.3 is 14.9 Å². The molecule has 5 aromatic rings. The van der Waals surface area contributed by atoms with Crippen LogP contribution in [0.2, 0.25) is 0 Å². The molecular weight excluding hydrogens is 492 g/mol. The number of aromatic nitrogens is 3. The molecule has 1 fully saturated rings. The Morgan fingerprint density at radius 2 is 1.72 bits per heavy atom. The molecule has 1 amide bonds. The molecule has 0 radical (unpaired) electrons. The van der Waals surface area contributed by atoms with Gasteiger partial charge in [0.25, 0.3) is 0 Å². The summed E-state index contributed by atoms with van der Waals surface area (Å²) in [5, 5.41) is 4.98. The molecule has 0 saturated heterocycles. The van der Waals surface area contributed by atoms with E-state index in [0.29, 0.717) is 46.4 Å². The van der Waals surface area contributed by atoms with E-state index in [1.54, 1.807) is 16.9 Å². The first-order chi connectivity index (χ1) is 18.8. The molecule has 0 unspecified atom stereocenters. The van der Waals surface area contributed by atoms with Crippen molar-refractivity contribution in [1.82, 2.24) is 14.8 Å². The summed E-state index contributed by atoms with van der Waals surface area (Å²) in [4.78, 5) is 30.4. The number of aryl methyl sites for hydroxylation is 2. The van der Waals surface area contributed by atoms with E-state index < -0.39 is 11.7 Å². The Morgan fingerprint density at radius 3 is 2.31 bits per heavy atom. The van der Waals surface area contributed by atoms with E-state index in [0.717, 1.165) is 34.5 Å². The molecule has 39 heavy (non-hydrogen) atoms. The predicted octanol–water partition coefficient (Wildman–Crippen LogP) is 6.01. The van der Waals surface area contributed by atoms with Gasteiger partial charge in [-0.05, 0) is 50.3 Å². The van der Waals surface area contributed by atoms with Crippen molar-refractivity contribution in [1.29, 1.82) is 0 Å². The standard InChI is InChI=1S/C31H28N4O4/c1-18-24(19(2)35(3)34-18)26-29-23(14-17-33-26)27(36)25(28(38-29)21-8-5-4-6-9-21)20-10-12-22(13-11-20)31(15-7-16-31)39-30(32)37/h4-6,8-14,17H,7,15-16H2,1-3H3,(H2,32,37). The monoisotopic (exact) mass is 520 g/mol. The fourth-order valence-corrected chi connectivity index (χ4v) is 5.55. The van der Waals surface area contributed by atoms with Gasteiger partial charge in [0.05, 0.1) is 16.6 Å². The Kier molecular flexibility index (Phi) is 5.83. The summed E-state index contributed by atoms with van der Waals surface area (Å²) in [5.41, 5.74) is 10.9. The summed E-state index contributed by atoms with van der Waals surface area (Å²) in [6.45, 7) is 3.89. The number of amides is 1. The number of nitrogens with two attached hydrogens (primary N) is 1. The third-order valence-corrected chi connectivity index (χ3v) is 7.75. The molecular formula is C31H28N4O4. The third kappa shape index (κ3) is 4.00. The quantitative estimate of drug-likeness (QED) is 0.303. The van der Waals surface area contributed by atoms with Crippen LogP contribution in [0.3, 0.4) is 0 Å². The zero-order chi connectivity index (χ0) is 27.3. The van der Waals surface area contributed by atoms with Crippen molar-refractivity contribution in [3.63, 3.8) is 0 Å². The SMILES string of the molecule is Cc1nn(C)c(C)c1-c1nccc2c(=O)c(-c3ccc(C4(OC(N)=O)CCC4)cc3)c(-c3ccccc3)oc12. The van der Waals surface area contributed by atoms with Gasteiger partial charge in [-0.2, -0.15) is 5.10 Å². The van der Waals surface area contributed by atoms with Gasteiger partial charge in [-0.15, -0.1) is 0 Å². The number of nitrogens with zero attached hydrogens (tertiary/aromatic N) is 3. The van der Waals surface area contributed by atoms with Crippen molar-refractivity contribution in [2.75, 3.05) is 0 Å². The molecule has 2 N–H and O–H groups in total. The van der Waals surface area contributed by atoms with Gasteiger partial charge in [0.1, 0.15) is 17.1 Å². The van der Waals surface area contributed by atoms with E-state index in [9.17, 15) is 9.59 Å². The lowest BCUT2D eigenvalue weighted by Crippen LogP contribution is -2.40. The van der Waals surface area contributed by atoms with Crippen molar-refractivity contribution in [3.05, 3.63) is 94.0 Å². The van der Waals surface area contributed by atoms with Crippen LogP contribution >= 0.6 is 0 Å². The summed E-state index contributed by atoms with van der Waals surface area (Å²) in [6, 6.07) is 18.8. The molecule has 196 valence electrons. The molecule has 8 nitrogen and oxygen atoms in total. The van der Waals surface area contributed by atoms with Crippen LogP contribution in [-0.4, -0.2) is 20.9 Å². The Morgan fingerprint density at radius 1 is 1.00 bits per heavy atom. The average Bonchev–Trinajstić information content (AvgIpc) is 3.17. The lowest BCUT2D eigenvalue weighted by atomic mass is 9.74. The minimum absolute atomic E-state index is 0.155. The van der Waals surface area contributed by atoms with E-state index in [4.69, 9.17) is 14.9 Å². The van der Waals surface area contributed by atoms with Crippen LogP contribution in [0.25, 0.3) is 44.7 Å². The highest BCUT2D eigenvalue weighted by atomic mass is 16.6. The molecule has 0 spiro atoms. The maximum absolute atomic E-state index is 14.2. The molecule has 3 aromatic heterocycles. The number of fused-ring (bicyclic) bond motifs is 1. The molecule has 2 aromatic carbocycles. The van der Waals surface area contributed by atoms with E-state index in [-0.39, 0.29) is 5.43 Å². The highest BCUT2D eigenvalue weighted by Gasteiger charge is 2.42. The fourth-order valence-electron chi connectivity index (χ4n) is 5.55. The molecule has 0 aliphatic heterocycles. The minimum atomic E-state index is -0.788. The smallest absolute Gasteiger partial charge is 0.405 e. The van der Waals surface area contributed by atoms with Gasteiger partial charge in [0.15, 0.2) is 5.58 Å². The van der Waals surface area contributed by atoms with Gasteiger partial charge in [-0.1, -0.05) is 54.6 Å². The van der Waals surface area contributed by atoms with Crippen LogP contribution < -0.4 is 11.2 Å². The highest BCUT2D eigenvalue weighted by molar-refractivity contribution is 5.96. The Bertz CT molecular complexity index is 1780. The summed E-state index contributed by atoms with van der Waals surface area (Å²) < 4.78 is 13.9. The van der Waals surface area contributed by atoms with Gasteiger partial charge in [-0.25, -0.2) is 4.79 Å². The highest BCUT2D eigenvalue weighted by Crippen LogP contribution is 2.45. The molecule has 1 aliphatic carbocycles. The zero-order valence-corrected chi connectivity index (χ0v) is 22.0. The van der Waals surface area contributed by atoms with Crippen molar-refractivity contribution in [2.45, 2.75) is 38.7 Å². The number of pyridine rings is 1. The number of rotatable bonds is 5. The number of ether oxygens (including phenoxy) is 1. The lowest BCUT2D eigenvalue weighted by Gasteiger charge is -2.40. The summed E-state index contributed by atoms with van der Waals surface area (Å²) in [6.07, 6.45) is 3.23. The van der Waals surface area contributed by atoms with E-state index in [1.807, 2.05) is 75.5 Å². The van der Waals surface area contributed by atoms with E-state index in [2.05, 4.69) is 10.1 Å². The number of carbonyl (C=O) groups is 1. The molecule has 1 saturated carbocycles. The first-order valence-electron chi connectivity index (χ1n) is 12.9. The molecule has 6 rings (SSSR count). The number of hydrogen-bond donors (Lipinski definition) is 1. The Hall–Kier alpha value is -4.72. The van der Waals surface area contributed by atoms with Crippen molar-refractivity contribution in [3.8, 4) is 33.7 Å². The van der Waals surface area contributed by atoms with Crippen LogP contribution in [0.15, 0.2) is 76.1 Å². The lowest BCUT2D eigenvalue weighted by molar-refractivity contribution is -0.0489. The van der Waals surface area contributed by atoms with E-state index in [1.165, 1.54) is 0 Å². The maximum Gasteiger partial charge on any atom is 0.405 e. The second-order valence-electron chi connectivity index (χ2n) is 10.1. The number of hydrogen-bond acceptors (Lipinski definition) is 6. The van der Waals surface area contributed by atoms with Crippen LogP contribution in [0.5, 0.6) is 0 Å².